The number of hydrogen-bond donors (Lipinski definition) is 1. The summed E-state index contributed by atoms with van der Waals surface area (Å²) in [5, 5.41) is 11.6. The number of likely N-dealkylation sites (tertiary alicyclic amines) is 1. The molecule has 4 aliphatic rings. The van der Waals surface area contributed by atoms with Gasteiger partial charge >= 0.3 is 6.03 Å². The van der Waals surface area contributed by atoms with Gasteiger partial charge in [-0.25, -0.2) is 4.79 Å². The highest BCUT2D eigenvalue weighted by atomic mass is 16.2. The molecule has 0 aromatic carbocycles. The van der Waals surface area contributed by atoms with Crippen LogP contribution in [0.4, 0.5) is 4.79 Å². The molecular weight excluding hydrogens is 304 g/mol. The molecule has 3 fully saturated rings. The van der Waals surface area contributed by atoms with Gasteiger partial charge in [0, 0.05) is 38.8 Å². The van der Waals surface area contributed by atoms with E-state index in [4.69, 9.17) is 0 Å². The maximum Gasteiger partial charge on any atom is 0.317 e. The Kier molecular flexibility index (Phi) is 3.17. The van der Waals surface area contributed by atoms with E-state index >= 15 is 0 Å². The van der Waals surface area contributed by atoms with Gasteiger partial charge in [0.15, 0.2) is 0 Å². The first-order chi connectivity index (χ1) is 11.6. The number of nitrogens with zero attached hydrogens (tertiary/aromatic N) is 5. The maximum atomic E-state index is 12.3. The van der Waals surface area contributed by atoms with Crippen molar-refractivity contribution in [2.24, 2.45) is 11.3 Å². The highest BCUT2D eigenvalue weighted by Gasteiger charge is 2.53. The predicted octanol–water partition coefficient (Wildman–Crippen LogP) is 0.986. The predicted molar refractivity (Wildman–Crippen MR) is 88.3 cm³/mol. The Hall–Kier alpha value is -1.63. The Balaban J connectivity index is 1.10. The summed E-state index contributed by atoms with van der Waals surface area (Å²) >= 11 is 0. The molecule has 0 bridgehead atoms. The van der Waals surface area contributed by atoms with Crippen LogP contribution >= 0.6 is 0 Å². The fourth-order valence-electron chi connectivity index (χ4n) is 4.43. The van der Waals surface area contributed by atoms with Crippen molar-refractivity contribution in [3.05, 3.63) is 11.6 Å². The summed E-state index contributed by atoms with van der Waals surface area (Å²) in [5.41, 5.74) is 0.481. The van der Waals surface area contributed by atoms with Crippen LogP contribution in [0.5, 0.6) is 0 Å². The molecule has 2 amide bonds. The Morgan fingerprint density at radius 3 is 2.75 bits per heavy atom. The lowest BCUT2D eigenvalue weighted by atomic mass is 10.0. The van der Waals surface area contributed by atoms with Crippen molar-refractivity contribution in [1.82, 2.24) is 29.9 Å². The second kappa shape index (κ2) is 5.18. The van der Waals surface area contributed by atoms with Crippen molar-refractivity contribution >= 4 is 6.03 Å². The molecule has 7 nitrogen and oxygen atoms in total. The Morgan fingerprint density at radius 2 is 2.04 bits per heavy atom. The van der Waals surface area contributed by atoms with E-state index in [9.17, 15) is 4.79 Å². The molecule has 2 aliphatic heterocycles. The molecule has 1 saturated heterocycles. The first-order valence-corrected chi connectivity index (χ1v) is 9.30. The molecule has 3 heterocycles. The van der Waals surface area contributed by atoms with Gasteiger partial charge in [-0.05, 0) is 43.9 Å². The molecule has 0 atom stereocenters. The average molecular weight is 330 g/mol. The van der Waals surface area contributed by atoms with Crippen LogP contribution in [0.1, 0.15) is 37.3 Å². The van der Waals surface area contributed by atoms with Crippen molar-refractivity contribution in [2.45, 2.75) is 51.7 Å². The number of urea groups is 1. The van der Waals surface area contributed by atoms with E-state index in [-0.39, 0.29) is 6.03 Å². The molecule has 2 aliphatic carbocycles. The molecule has 1 N–H and O–H groups in total. The summed E-state index contributed by atoms with van der Waals surface area (Å²) in [4.78, 5) is 16.7. The zero-order chi connectivity index (χ0) is 16.3. The van der Waals surface area contributed by atoms with E-state index in [1.54, 1.807) is 0 Å². The molecule has 1 aromatic rings. The van der Waals surface area contributed by atoms with Crippen LogP contribution < -0.4 is 5.32 Å². The average Bonchev–Trinajstić information content (AvgIpc) is 3.42. The fourth-order valence-corrected chi connectivity index (χ4v) is 4.43. The van der Waals surface area contributed by atoms with Gasteiger partial charge in [-0.3, -0.25) is 4.90 Å². The normalized spacial score (nSPS) is 26.0. The number of aromatic nitrogens is 3. The lowest BCUT2D eigenvalue weighted by Gasteiger charge is -2.46. The van der Waals surface area contributed by atoms with E-state index in [0.717, 1.165) is 56.8 Å². The highest BCUT2D eigenvalue weighted by Crippen LogP contribution is 2.60. The summed E-state index contributed by atoms with van der Waals surface area (Å²) < 4.78 is 2.20. The van der Waals surface area contributed by atoms with Gasteiger partial charge in [-0.1, -0.05) is 0 Å². The van der Waals surface area contributed by atoms with E-state index in [1.807, 2.05) is 11.8 Å². The second-order valence-corrected chi connectivity index (χ2v) is 8.14. The third kappa shape index (κ3) is 2.41. The molecule has 0 spiro atoms. The van der Waals surface area contributed by atoms with Crippen molar-refractivity contribution in [3.8, 4) is 0 Å². The fraction of sp³-hybridized carbons (Fsp3) is 0.824. The molecule has 130 valence electrons. The van der Waals surface area contributed by atoms with Crippen molar-refractivity contribution < 1.29 is 4.79 Å². The molecule has 0 radical (unpaired) electrons. The molecule has 24 heavy (non-hydrogen) atoms. The molecule has 5 rings (SSSR count). The van der Waals surface area contributed by atoms with E-state index < -0.39 is 0 Å². The number of rotatable bonds is 4. The topological polar surface area (TPSA) is 66.3 Å². The summed E-state index contributed by atoms with van der Waals surface area (Å²) in [7, 11) is 0. The highest BCUT2D eigenvalue weighted by molar-refractivity contribution is 5.75. The third-order valence-corrected chi connectivity index (χ3v) is 6.56. The molecule has 1 aromatic heterocycles. The van der Waals surface area contributed by atoms with Gasteiger partial charge in [0.25, 0.3) is 0 Å². The van der Waals surface area contributed by atoms with Crippen LogP contribution in [0.2, 0.25) is 0 Å². The lowest BCUT2D eigenvalue weighted by Crippen LogP contribution is -2.64. The van der Waals surface area contributed by atoms with Gasteiger partial charge in [0.2, 0.25) is 0 Å². The van der Waals surface area contributed by atoms with Gasteiger partial charge in [0.05, 0.1) is 6.54 Å². The lowest BCUT2D eigenvalue weighted by molar-refractivity contribution is 0.0385. The number of fused-ring (bicyclic) bond motifs is 1. The number of amides is 2. The Labute approximate surface area is 142 Å². The number of aryl methyl sites for hydroxylation is 1. The van der Waals surface area contributed by atoms with Gasteiger partial charge in [-0.15, -0.1) is 10.2 Å². The van der Waals surface area contributed by atoms with Crippen molar-refractivity contribution in [3.63, 3.8) is 0 Å². The third-order valence-electron chi connectivity index (χ3n) is 6.56. The second-order valence-electron chi connectivity index (χ2n) is 8.14. The van der Waals surface area contributed by atoms with Crippen LogP contribution in [0.15, 0.2) is 0 Å². The van der Waals surface area contributed by atoms with Gasteiger partial charge in [0.1, 0.15) is 11.6 Å². The van der Waals surface area contributed by atoms with Crippen LogP contribution in [0, 0.1) is 18.3 Å². The first-order valence-electron chi connectivity index (χ1n) is 9.30. The first kappa shape index (κ1) is 14.7. The van der Waals surface area contributed by atoms with Crippen LogP contribution in [-0.2, 0) is 13.1 Å². The van der Waals surface area contributed by atoms with E-state index in [2.05, 4.69) is 25.0 Å². The quantitative estimate of drug-likeness (QED) is 0.894. The number of hydrogen-bond acceptors (Lipinski definition) is 4. The molecule has 2 saturated carbocycles. The molecule has 7 heteroatoms. The minimum absolute atomic E-state index is 0.134. The SMILES string of the molecule is Cc1nnc2n1CCN(C1CN(C(=O)NCC3(C4CC4)CC3)C1)C2. The maximum absolute atomic E-state index is 12.3. The van der Waals surface area contributed by atoms with Gasteiger partial charge < -0.3 is 14.8 Å². The van der Waals surface area contributed by atoms with Crippen LogP contribution in [0.25, 0.3) is 0 Å². The zero-order valence-corrected chi connectivity index (χ0v) is 14.4. The zero-order valence-electron chi connectivity index (χ0n) is 14.4. The van der Waals surface area contributed by atoms with E-state index in [0.29, 0.717) is 11.5 Å². The summed E-state index contributed by atoms with van der Waals surface area (Å²) in [6.07, 6.45) is 5.38. The van der Waals surface area contributed by atoms with E-state index in [1.165, 1.54) is 25.7 Å². The number of nitrogens with one attached hydrogen (secondary N) is 1. The van der Waals surface area contributed by atoms with Gasteiger partial charge in [-0.2, -0.15) is 0 Å². The monoisotopic (exact) mass is 330 g/mol. The smallest absolute Gasteiger partial charge is 0.317 e. The number of carbonyl (C=O) groups is 1. The minimum atomic E-state index is 0.134. The summed E-state index contributed by atoms with van der Waals surface area (Å²) in [6.45, 7) is 7.42. The Bertz CT molecular complexity index is 656. The minimum Gasteiger partial charge on any atom is -0.337 e. The number of carbonyl (C=O) groups excluding carboxylic acids is 1. The van der Waals surface area contributed by atoms with Crippen LogP contribution in [0.3, 0.4) is 0 Å². The Morgan fingerprint density at radius 1 is 1.25 bits per heavy atom. The standard InChI is InChI=1S/C17H26N6O/c1-12-19-20-15-10-21(6-7-23(12)15)14-8-22(9-14)16(24)18-11-17(4-5-17)13-2-3-13/h13-14H,2-11H2,1H3,(H,18,24). The van der Waals surface area contributed by atoms with Crippen molar-refractivity contribution in [1.29, 1.82) is 0 Å². The molecular formula is C17H26N6O. The molecule has 0 unspecified atom stereocenters. The largest absolute Gasteiger partial charge is 0.337 e. The summed E-state index contributed by atoms with van der Waals surface area (Å²) in [5.74, 6) is 2.96. The summed E-state index contributed by atoms with van der Waals surface area (Å²) in [6, 6.07) is 0.606. The van der Waals surface area contributed by atoms with Crippen molar-refractivity contribution in [2.75, 3.05) is 26.2 Å². The van der Waals surface area contributed by atoms with Crippen LogP contribution in [-0.4, -0.2) is 62.8 Å².